The van der Waals surface area contributed by atoms with E-state index in [-0.39, 0.29) is 24.2 Å². The summed E-state index contributed by atoms with van der Waals surface area (Å²) >= 11 is 0. The Morgan fingerprint density at radius 2 is 2.25 bits per heavy atom. The summed E-state index contributed by atoms with van der Waals surface area (Å²) in [5.74, 6) is 0. The fourth-order valence-electron chi connectivity index (χ4n) is 2.09. The number of nitrogens with zero attached hydrogens (tertiary/aromatic N) is 3. The van der Waals surface area contributed by atoms with Crippen molar-refractivity contribution in [2.75, 3.05) is 0 Å². The van der Waals surface area contributed by atoms with Crippen LogP contribution >= 0.6 is 0 Å². The summed E-state index contributed by atoms with van der Waals surface area (Å²) in [6, 6.07) is 0.0242. The number of aromatic nitrogens is 3. The first kappa shape index (κ1) is 14.8. The van der Waals surface area contributed by atoms with Crippen LogP contribution in [0.2, 0.25) is 0 Å². The van der Waals surface area contributed by atoms with E-state index in [2.05, 4.69) is 15.6 Å². The summed E-state index contributed by atoms with van der Waals surface area (Å²) in [5, 5.41) is 11.0. The molecule has 1 heterocycles. The number of carbonyl (C=O) groups excluding carboxylic acids is 1. The van der Waals surface area contributed by atoms with Crippen molar-refractivity contribution in [1.82, 2.24) is 20.3 Å². The van der Waals surface area contributed by atoms with E-state index < -0.39 is 5.60 Å². The predicted octanol–water partition coefficient (Wildman–Crippen LogP) is 1.53. The Morgan fingerprint density at radius 3 is 2.70 bits per heavy atom. The van der Waals surface area contributed by atoms with Gasteiger partial charge in [-0.3, -0.25) is 0 Å². The van der Waals surface area contributed by atoms with Gasteiger partial charge < -0.3 is 15.8 Å². The summed E-state index contributed by atoms with van der Waals surface area (Å²) in [4.78, 5) is 11.8. The molecule has 2 rings (SSSR count). The summed E-state index contributed by atoms with van der Waals surface area (Å²) in [5.41, 5.74) is 6.04. The lowest BCUT2D eigenvalue weighted by Gasteiger charge is -2.37. The molecule has 1 aromatic rings. The zero-order valence-corrected chi connectivity index (χ0v) is 12.5. The molecule has 0 saturated heterocycles. The van der Waals surface area contributed by atoms with Crippen LogP contribution in [0.1, 0.15) is 58.3 Å². The van der Waals surface area contributed by atoms with Gasteiger partial charge in [-0.25, -0.2) is 9.48 Å². The van der Waals surface area contributed by atoms with Crippen LogP contribution in [0.15, 0.2) is 6.20 Å². The molecule has 0 radical (unpaired) electrons. The molecule has 1 fully saturated rings. The van der Waals surface area contributed by atoms with E-state index in [0.717, 1.165) is 18.5 Å². The number of rotatable bonds is 3. The van der Waals surface area contributed by atoms with E-state index in [0.29, 0.717) is 0 Å². The molecule has 0 bridgehead atoms. The first-order valence-electron chi connectivity index (χ1n) is 6.93. The third kappa shape index (κ3) is 3.47. The highest BCUT2D eigenvalue weighted by atomic mass is 16.6. The zero-order chi connectivity index (χ0) is 14.9. The van der Waals surface area contributed by atoms with Crippen LogP contribution in [0.5, 0.6) is 0 Å². The van der Waals surface area contributed by atoms with Crippen molar-refractivity contribution in [3.63, 3.8) is 0 Å². The molecule has 0 aliphatic heterocycles. The van der Waals surface area contributed by atoms with Crippen molar-refractivity contribution in [3.05, 3.63) is 11.9 Å². The summed E-state index contributed by atoms with van der Waals surface area (Å²) in [6.45, 7) is 7.40. The Balaban J connectivity index is 1.93. The average molecular weight is 281 g/mol. The number of hydrogen-bond donors (Lipinski definition) is 2. The second-order valence-corrected chi connectivity index (χ2v) is 6.31. The van der Waals surface area contributed by atoms with Gasteiger partial charge in [0.2, 0.25) is 0 Å². The molecule has 3 atom stereocenters. The molecule has 7 nitrogen and oxygen atoms in total. The van der Waals surface area contributed by atoms with Gasteiger partial charge in [0.15, 0.2) is 0 Å². The van der Waals surface area contributed by atoms with Crippen LogP contribution in [-0.4, -0.2) is 32.7 Å². The standard InChI is InChI=1S/C13H23N5O2/c1-8(14)10-7-18(17-16-10)11-6-5-9(11)15-12(19)20-13(2,3)4/h7-9,11H,5-6,14H2,1-4H3,(H,15,19). The lowest BCUT2D eigenvalue weighted by atomic mass is 9.86. The van der Waals surface area contributed by atoms with Crippen molar-refractivity contribution in [1.29, 1.82) is 0 Å². The average Bonchev–Trinajstić information content (AvgIpc) is 2.71. The predicted molar refractivity (Wildman–Crippen MR) is 74.1 cm³/mol. The Bertz CT molecular complexity index is 477. The molecule has 3 unspecified atom stereocenters. The SMILES string of the molecule is CC(N)c1cn(C2CCC2NC(=O)OC(C)(C)C)nn1. The number of hydrogen-bond acceptors (Lipinski definition) is 5. The monoisotopic (exact) mass is 281 g/mol. The molecule has 1 aliphatic rings. The number of amides is 1. The topological polar surface area (TPSA) is 95.1 Å². The van der Waals surface area contributed by atoms with Gasteiger partial charge in [-0.15, -0.1) is 5.10 Å². The Kier molecular flexibility index (Phi) is 3.99. The Labute approximate surface area is 118 Å². The zero-order valence-electron chi connectivity index (χ0n) is 12.5. The highest BCUT2D eigenvalue weighted by Gasteiger charge is 2.35. The summed E-state index contributed by atoms with van der Waals surface area (Å²) in [6.07, 6.45) is 3.33. The number of nitrogens with one attached hydrogen (secondary N) is 1. The highest BCUT2D eigenvalue weighted by molar-refractivity contribution is 5.68. The molecule has 20 heavy (non-hydrogen) atoms. The van der Waals surface area contributed by atoms with Crippen molar-refractivity contribution < 1.29 is 9.53 Å². The van der Waals surface area contributed by atoms with Gasteiger partial charge >= 0.3 is 6.09 Å². The fourth-order valence-corrected chi connectivity index (χ4v) is 2.09. The van der Waals surface area contributed by atoms with Gasteiger partial charge in [0.05, 0.1) is 24.0 Å². The van der Waals surface area contributed by atoms with Crippen LogP contribution in [0.4, 0.5) is 4.79 Å². The molecule has 112 valence electrons. The maximum atomic E-state index is 11.8. The van der Waals surface area contributed by atoms with Crippen molar-refractivity contribution >= 4 is 6.09 Å². The summed E-state index contributed by atoms with van der Waals surface area (Å²) < 4.78 is 7.04. The number of carbonyl (C=O) groups is 1. The largest absolute Gasteiger partial charge is 0.444 e. The van der Waals surface area contributed by atoms with Gasteiger partial charge in [0, 0.05) is 6.04 Å². The highest BCUT2D eigenvalue weighted by Crippen LogP contribution is 2.32. The minimum absolute atomic E-state index is 0.0347. The summed E-state index contributed by atoms with van der Waals surface area (Å²) in [7, 11) is 0. The first-order chi connectivity index (χ1) is 9.26. The van der Waals surface area contributed by atoms with Gasteiger partial charge in [0.1, 0.15) is 5.60 Å². The van der Waals surface area contributed by atoms with Crippen molar-refractivity contribution in [2.45, 2.75) is 64.3 Å². The molecular formula is C13H23N5O2. The molecule has 7 heteroatoms. The second kappa shape index (κ2) is 5.40. The fraction of sp³-hybridized carbons (Fsp3) is 0.769. The van der Waals surface area contributed by atoms with E-state index in [9.17, 15) is 4.79 Å². The molecule has 1 saturated carbocycles. The maximum Gasteiger partial charge on any atom is 0.407 e. The number of alkyl carbamates (subject to hydrolysis) is 1. The minimum Gasteiger partial charge on any atom is -0.444 e. The third-order valence-electron chi connectivity index (χ3n) is 3.27. The molecule has 1 amide bonds. The van der Waals surface area contributed by atoms with Gasteiger partial charge in [-0.1, -0.05) is 5.21 Å². The van der Waals surface area contributed by atoms with E-state index in [1.165, 1.54) is 0 Å². The van der Waals surface area contributed by atoms with E-state index in [4.69, 9.17) is 10.5 Å². The molecule has 1 aromatic heterocycles. The maximum absolute atomic E-state index is 11.8. The van der Waals surface area contributed by atoms with Crippen molar-refractivity contribution in [2.24, 2.45) is 5.73 Å². The van der Waals surface area contributed by atoms with E-state index in [1.807, 2.05) is 33.9 Å². The van der Waals surface area contributed by atoms with Gasteiger partial charge in [-0.05, 0) is 40.5 Å². The van der Waals surface area contributed by atoms with Crippen molar-refractivity contribution in [3.8, 4) is 0 Å². The van der Waals surface area contributed by atoms with Crippen LogP contribution in [0.3, 0.4) is 0 Å². The third-order valence-corrected chi connectivity index (χ3v) is 3.27. The minimum atomic E-state index is -0.487. The Hall–Kier alpha value is -1.63. The quantitative estimate of drug-likeness (QED) is 0.876. The molecular weight excluding hydrogens is 258 g/mol. The van der Waals surface area contributed by atoms with Gasteiger partial charge in [0.25, 0.3) is 0 Å². The van der Waals surface area contributed by atoms with Gasteiger partial charge in [-0.2, -0.15) is 0 Å². The smallest absolute Gasteiger partial charge is 0.407 e. The van der Waals surface area contributed by atoms with Crippen LogP contribution < -0.4 is 11.1 Å². The number of nitrogens with two attached hydrogens (primary N) is 1. The molecule has 0 aromatic carbocycles. The van der Waals surface area contributed by atoms with Crippen LogP contribution in [0, 0.1) is 0 Å². The molecule has 1 aliphatic carbocycles. The number of ether oxygens (including phenoxy) is 1. The Morgan fingerprint density at radius 1 is 1.55 bits per heavy atom. The van der Waals surface area contributed by atoms with E-state index >= 15 is 0 Å². The molecule has 0 spiro atoms. The van der Waals surface area contributed by atoms with Crippen LogP contribution in [0.25, 0.3) is 0 Å². The second-order valence-electron chi connectivity index (χ2n) is 6.31. The lowest BCUT2D eigenvalue weighted by Crippen LogP contribution is -2.49. The normalized spacial score (nSPS) is 23.9. The lowest BCUT2D eigenvalue weighted by molar-refractivity contribution is 0.0436. The first-order valence-corrected chi connectivity index (χ1v) is 6.93. The molecule has 3 N–H and O–H groups in total. The van der Waals surface area contributed by atoms with E-state index in [1.54, 1.807) is 4.68 Å². The van der Waals surface area contributed by atoms with Crippen LogP contribution in [-0.2, 0) is 4.74 Å².